The molecule has 1 aromatic heterocycles. The van der Waals surface area contributed by atoms with Crippen LogP contribution in [0, 0.1) is 0 Å². The van der Waals surface area contributed by atoms with E-state index >= 15 is 0 Å². The highest BCUT2D eigenvalue weighted by molar-refractivity contribution is 5.03. The van der Waals surface area contributed by atoms with E-state index in [0.717, 1.165) is 70.1 Å². The Kier molecular flexibility index (Phi) is 4.33. The number of aryl methyl sites for hydroxylation is 1. The number of fused-ring (bicyclic) bond motifs is 1. The van der Waals surface area contributed by atoms with Crippen molar-refractivity contribution >= 4 is 0 Å². The average Bonchev–Trinajstić information content (AvgIpc) is 2.90. The van der Waals surface area contributed by atoms with Gasteiger partial charge in [-0.2, -0.15) is 0 Å². The molecule has 0 bridgehead atoms. The summed E-state index contributed by atoms with van der Waals surface area (Å²) in [6.45, 7) is 5.83. The molecule has 112 valence electrons. The number of aliphatic hydroxyl groups excluding tert-OH is 1. The molecule has 2 aliphatic heterocycles. The fourth-order valence-corrected chi connectivity index (χ4v) is 3.25. The number of piperazine rings is 1. The van der Waals surface area contributed by atoms with Crippen molar-refractivity contribution in [2.75, 3.05) is 46.4 Å². The summed E-state index contributed by atoms with van der Waals surface area (Å²) in [5, 5.41) is 18.2. The second kappa shape index (κ2) is 6.20. The molecular weight excluding hydrogens is 254 g/mol. The smallest absolute Gasteiger partial charge is 0.134 e. The monoisotopic (exact) mass is 279 g/mol. The van der Waals surface area contributed by atoms with Crippen LogP contribution < -0.4 is 0 Å². The molecule has 1 atom stereocenters. The van der Waals surface area contributed by atoms with Gasteiger partial charge >= 0.3 is 0 Å². The van der Waals surface area contributed by atoms with Gasteiger partial charge in [0.2, 0.25) is 0 Å². The average molecular weight is 279 g/mol. The third-order valence-electron chi connectivity index (χ3n) is 4.60. The van der Waals surface area contributed by atoms with Gasteiger partial charge in [-0.05, 0) is 19.9 Å². The molecule has 0 radical (unpaired) electrons. The van der Waals surface area contributed by atoms with E-state index in [-0.39, 0.29) is 12.6 Å². The lowest BCUT2D eigenvalue weighted by Crippen LogP contribution is -2.45. The summed E-state index contributed by atoms with van der Waals surface area (Å²) in [6.07, 6.45) is 4.09. The van der Waals surface area contributed by atoms with Crippen molar-refractivity contribution in [3.05, 3.63) is 11.6 Å². The van der Waals surface area contributed by atoms with Gasteiger partial charge in [-0.25, -0.2) is 0 Å². The Labute approximate surface area is 120 Å². The van der Waals surface area contributed by atoms with Gasteiger partial charge in [0.1, 0.15) is 11.6 Å². The first-order valence-corrected chi connectivity index (χ1v) is 7.72. The van der Waals surface area contributed by atoms with Crippen molar-refractivity contribution < 1.29 is 5.11 Å². The quantitative estimate of drug-likeness (QED) is 0.836. The molecule has 1 saturated heterocycles. The summed E-state index contributed by atoms with van der Waals surface area (Å²) in [7, 11) is 2.18. The molecule has 20 heavy (non-hydrogen) atoms. The number of hydrogen-bond acceptors (Lipinski definition) is 5. The molecule has 1 fully saturated rings. The van der Waals surface area contributed by atoms with E-state index in [9.17, 15) is 5.11 Å². The third-order valence-corrected chi connectivity index (χ3v) is 4.60. The number of nitrogens with zero attached hydrogens (tertiary/aromatic N) is 5. The Hall–Kier alpha value is -0.980. The van der Waals surface area contributed by atoms with Crippen molar-refractivity contribution in [1.82, 2.24) is 24.6 Å². The highest BCUT2D eigenvalue weighted by Gasteiger charge is 2.24. The van der Waals surface area contributed by atoms with Crippen molar-refractivity contribution in [2.24, 2.45) is 0 Å². The Morgan fingerprint density at radius 3 is 2.75 bits per heavy atom. The zero-order chi connectivity index (χ0) is 13.9. The van der Waals surface area contributed by atoms with Crippen LogP contribution in [0.15, 0.2) is 0 Å². The second-order valence-electron chi connectivity index (χ2n) is 6.03. The van der Waals surface area contributed by atoms with E-state index in [1.54, 1.807) is 0 Å². The number of aromatic nitrogens is 3. The molecule has 0 aliphatic carbocycles. The first kappa shape index (κ1) is 14.0. The molecule has 1 aromatic rings. The predicted octanol–water partition coefficient (Wildman–Crippen LogP) is -0.0623. The minimum atomic E-state index is 0.191. The lowest BCUT2D eigenvalue weighted by Gasteiger charge is -2.32. The molecule has 6 nitrogen and oxygen atoms in total. The molecule has 1 unspecified atom stereocenters. The molecule has 0 aromatic carbocycles. The van der Waals surface area contributed by atoms with Crippen molar-refractivity contribution in [3.63, 3.8) is 0 Å². The Morgan fingerprint density at radius 2 is 2.00 bits per heavy atom. The zero-order valence-corrected chi connectivity index (χ0v) is 12.3. The molecule has 3 rings (SSSR count). The minimum Gasteiger partial charge on any atom is -0.394 e. The largest absolute Gasteiger partial charge is 0.394 e. The first-order valence-electron chi connectivity index (χ1n) is 7.72. The Balaban J connectivity index is 1.62. The van der Waals surface area contributed by atoms with Crippen LogP contribution in [0.25, 0.3) is 0 Å². The molecule has 0 spiro atoms. The van der Waals surface area contributed by atoms with E-state index in [1.165, 1.54) is 0 Å². The summed E-state index contributed by atoms with van der Waals surface area (Å²) < 4.78 is 2.19. The van der Waals surface area contributed by atoms with Gasteiger partial charge in [-0.1, -0.05) is 0 Å². The molecule has 3 heterocycles. The minimum absolute atomic E-state index is 0.191. The maximum Gasteiger partial charge on any atom is 0.134 e. The van der Waals surface area contributed by atoms with Gasteiger partial charge < -0.3 is 19.5 Å². The topological polar surface area (TPSA) is 57.4 Å². The van der Waals surface area contributed by atoms with Crippen LogP contribution >= 0.6 is 0 Å². The van der Waals surface area contributed by atoms with Crippen LogP contribution in [0.2, 0.25) is 0 Å². The number of likely N-dealkylation sites (N-methyl/N-ethyl adjacent to an activating group) is 1. The van der Waals surface area contributed by atoms with Gasteiger partial charge in [-0.15, -0.1) is 10.2 Å². The van der Waals surface area contributed by atoms with Gasteiger partial charge in [0, 0.05) is 45.6 Å². The maximum absolute atomic E-state index is 9.53. The maximum atomic E-state index is 9.53. The lowest BCUT2D eigenvalue weighted by molar-refractivity contribution is 0.153. The van der Waals surface area contributed by atoms with Crippen LogP contribution in [0.5, 0.6) is 0 Å². The van der Waals surface area contributed by atoms with Crippen molar-refractivity contribution in [1.29, 1.82) is 0 Å². The van der Waals surface area contributed by atoms with Gasteiger partial charge in [0.05, 0.1) is 12.6 Å². The lowest BCUT2D eigenvalue weighted by atomic mass is 10.0. The van der Waals surface area contributed by atoms with Crippen LogP contribution in [-0.2, 0) is 12.8 Å². The van der Waals surface area contributed by atoms with E-state index in [4.69, 9.17) is 0 Å². The SMILES string of the molecule is CN1CCN(CCc2nnc3n2C(CO)CCC3)CC1. The zero-order valence-electron chi connectivity index (χ0n) is 12.3. The first-order chi connectivity index (χ1) is 9.78. The van der Waals surface area contributed by atoms with Crippen LogP contribution in [0.4, 0.5) is 0 Å². The van der Waals surface area contributed by atoms with E-state index in [1.807, 2.05) is 0 Å². The van der Waals surface area contributed by atoms with Crippen molar-refractivity contribution in [2.45, 2.75) is 31.7 Å². The summed E-state index contributed by atoms with van der Waals surface area (Å²) in [5.41, 5.74) is 0. The van der Waals surface area contributed by atoms with Crippen LogP contribution in [0.3, 0.4) is 0 Å². The number of hydrogen-bond donors (Lipinski definition) is 1. The van der Waals surface area contributed by atoms with Gasteiger partial charge in [-0.3, -0.25) is 0 Å². The van der Waals surface area contributed by atoms with Crippen LogP contribution in [0.1, 0.15) is 30.5 Å². The van der Waals surface area contributed by atoms with E-state index < -0.39 is 0 Å². The van der Waals surface area contributed by atoms with E-state index in [0.29, 0.717) is 0 Å². The van der Waals surface area contributed by atoms with Gasteiger partial charge in [0.25, 0.3) is 0 Å². The highest BCUT2D eigenvalue weighted by Crippen LogP contribution is 2.24. The summed E-state index contributed by atoms with van der Waals surface area (Å²) in [5.74, 6) is 2.11. The summed E-state index contributed by atoms with van der Waals surface area (Å²) >= 11 is 0. The van der Waals surface area contributed by atoms with Gasteiger partial charge in [0.15, 0.2) is 0 Å². The molecule has 2 aliphatic rings. The molecule has 0 saturated carbocycles. The molecular formula is C14H25N5O. The number of aliphatic hydroxyl groups is 1. The Bertz CT molecular complexity index is 439. The van der Waals surface area contributed by atoms with E-state index in [2.05, 4.69) is 31.6 Å². The fourth-order valence-electron chi connectivity index (χ4n) is 3.25. The highest BCUT2D eigenvalue weighted by atomic mass is 16.3. The molecule has 1 N–H and O–H groups in total. The Morgan fingerprint density at radius 1 is 1.20 bits per heavy atom. The predicted molar refractivity (Wildman–Crippen MR) is 76.7 cm³/mol. The second-order valence-corrected chi connectivity index (χ2v) is 6.03. The van der Waals surface area contributed by atoms with Crippen LogP contribution in [-0.4, -0.2) is 76.0 Å². The van der Waals surface area contributed by atoms with Crippen molar-refractivity contribution in [3.8, 4) is 0 Å². The molecule has 6 heteroatoms. The fraction of sp³-hybridized carbons (Fsp3) is 0.857. The normalized spacial score (nSPS) is 24.8. The third kappa shape index (κ3) is 2.87. The summed E-state index contributed by atoms with van der Waals surface area (Å²) in [4.78, 5) is 4.87. The molecule has 0 amide bonds. The standard InChI is InChI=1S/C14H25N5O/c1-17-7-9-18(10-8-17)6-5-14-16-15-13-4-2-3-12(11-20)19(13)14/h12,20H,2-11H2,1H3. The summed E-state index contributed by atoms with van der Waals surface area (Å²) in [6, 6.07) is 0.191. The number of rotatable bonds is 4.